The number of nitrogen functional groups attached to an aromatic ring is 1. The van der Waals surface area contributed by atoms with Gasteiger partial charge in [-0.2, -0.15) is 0 Å². The van der Waals surface area contributed by atoms with Crippen molar-refractivity contribution in [2.45, 2.75) is 26.4 Å². The number of anilines is 1. The van der Waals surface area contributed by atoms with E-state index in [-0.39, 0.29) is 5.56 Å². The van der Waals surface area contributed by atoms with Crippen molar-refractivity contribution in [3.8, 4) is 11.4 Å². The van der Waals surface area contributed by atoms with Gasteiger partial charge < -0.3 is 15.1 Å². The number of rotatable bonds is 3. The second-order valence-corrected chi connectivity index (χ2v) is 8.48. The molecule has 0 fully saturated rings. The summed E-state index contributed by atoms with van der Waals surface area (Å²) in [5.41, 5.74) is 9.83. The number of H-pyrrole nitrogens is 1. The molecule has 162 valence electrons. The number of nitrogens with two attached hydrogens (primary N) is 1. The lowest BCUT2D eigenvalue weighted by Gasteiger charge is -2.27. The summed E-state index contributed by atoms with van der Waals surface area (Å²) in [7, 11) is 0. The van der Waals surface area contributed by atoms with Crippen LogP contribution in [0.4, 0.5) is 5.69 Å². The lowest BCUT2D eigenvalue weighted by molar-refractivity contribution is 0.239. The molecule has 3 N–H and O–H groups in total. The van der Waals surface area contributed by atoms with E-state index in [9.17, 15) is 9.59 Å². The van der Waals surface area contributed by atoms with Crippen molar-refractivity contribution in [3.63, 3.8) is 0 Å². The summed E-state index contributed by atoms with van der Waals surface area (Å²) in [6, 6.07) is 12.7. The minimum absolute atomic E-state index is 0.182. The first-order valence-electron chi connectivity index (χ1n) is 10.3. The first kappa shape index (κ1) is 20.5. The molecule has 1 aliphatic heterocycles. The number of benzene rings is 2. The molecule has 2 aromatic carbocycles. The van der Waals surface area contributed by atoms with Crippen molar-refractivity contribution < 1.29 is 4.42 Å². The molecule has 7 nitrogen and oxygen atoms in total. The van der Waals surface area contributed by atoms with Crippen LogP contribution in [-0.2, 0) is 19.5 Å². The number of aryl methyl sites for hydroxylation is 1. The molecule has 5 rings (SSSR count). The standard InChI is InChI=1S/C24H21ClN4O3/c1-13-2-7-20-16(10-13)21(25)18(24(31)32-20)12-29-9-8-19-17(11-29)23(30)28-22(27-19)14-3-5-15(26)6-4-14/h2-7,10H,8-9,11-12,26H2,1H3,(H,27,28,30). The second-order valence-electron chi connectivity index (χ2n) is 8.10. The molecule has 0 spiro atoms. The van der Waals surface area contributed by atoms with Crippen LogP contribution in [0.5, 0.6) is 0 Å². The van der Waals surface area contributed by atoms with Crippen LogP contribution >= 0.6 is 11.6 Å². The highest BCUT2D eigenvalue weighted by Gasteiger charge is 2.24. The van der Waals surface area contributed by atoms with E-state index < -0.39 is 5.63 Å². The predicted octanol–water partition coefficient (Wildman–Crippen LogP) is 3.65. The minimum Gasteiger partial charge on any atom is -0.422 e. The highest BCUT2D eigenvalue weighted by atomic mass is 35.5. The van der Waals surface area contributed by atoms with Gasteiger partial charge in [-0.25, -0.2) is 9.78 Å². The molecule has 0 radical (unpaired) electrons. The van der Waals surface area contributed by atoms with Crippen LogP contribution in [0.2, 0.25) is 5.02 Å². The molecule has 2 aromatic heterocycles. The third-order valence-electron chi connectivity index (χ3n) is 5.80. The van der Waals surface area contributed by atoms with E-state index in [0.29, 0.717) is 64.7 Å². The number of halogens is 1. The molecular weight excluding hydrogens is 428 g/mol. The number of nitrogens with zero attached hydrogens (tertiary/aromatic N) is 2. The van der Waals surface area contributed by atoms with Gasteiger partial charge in [0.05, 0.1) is 21.8 Å². The molecule has 3 heterocycles. The van der Waals surface area contributed by atoms with Gasteiger partial charge in [0.25, 0.3) is 5.56 Å². The van der Waals surface area contributed by atoms with E-state index in [4.69, 9.17) is 21.8 Å². The second kappa shape index (κ2) is 7.93. The minimum atomic E-state index is -0.456. The lowest BCUT2D eigenvalue weighted by Crippen LogP contribution is -2.36. The Morgan fingerprint density at radius 1 is 1.19 bits per heavy atom. The van der Waals surface area contributed by atoms with Crippen molar-refractivity contribution in [3.05, 3.63) is 90.6 Å². The van der Waals surface area contributed by atoms with Gasteiger partial charge in [0.15, 0.2) is 0 Å². The quantitative estimate of drug-likeness (QED) is 0.366. The molecule has 0 aliphatic carbocycles. The number of nitrogens with one attached hydrogen (secondary N) is 1. The molecule has 1 aliphatic rings. The zero-order valence-corrected chi connectivity index (χ0v) is 18.2. The summed E-state index contributed by atoms with van der Waals surface area (Å²) in [5.74, 6) is 0.524. The zero-order chi connectivity index (χ0) is 22.4. The topological polar surface area (TPSA) is 105 Å². The SMILES string of the molecule is Cc1ccc2oc(=O)c(CN3CCc4nc(-c5ccc(N)cc5)[nH]c(=O)c4C3)c(Cl)c2c1. The maximum Gasteiger partial charge on any atom is 0.342 e. The maximum atomic E-state index is 12.8. The van der Waals surface area contributed by atoms with E-state index in [1.807, 2.05) is 36.1 Å². The molecule has 32 heavy (non-hydrogen) atoms. The third kappa shape index (κ3) is 3.70. The van der Waals surface area contributed by atoms with Crippen LogP contribution in [0.3, 0.4) is 0 Å². The summed E-state index contributed by atoms with van der Waals surface area (Å²) in [5, 5.41) is 1.11. The molecule has 0 atom stereocenters. The molecule has 4 aromatic rings. The van der Waals surface area contributed by atoms with Gasteiger partial charge in [-0.05, 0) is 43.3 Å². The van der Waals surface area contributed by atoms with Crippen LogP contribution in [-0.4, -0.2) is 21.4 Å². The lowest BCUT2D eigenvalue weighted by atomic mass is 10.0. The monoisotopic (exact) mass is 448 g/mol. The fourth-order valence-corrected chi connectivity index (χ4v) is 4.35. The van der Waals surface area contributed by atoms with E-state index in [2.05, 4.69) is 9.97 Å². The Hall–Kier alpha value is -3.42. The first-order chi connectivity index (χ1) is 15.4. The molecule has 0 unspecified atom stereocenters. The Morgan fingerprint density at radius 2 is 1.97 bits per heavy atom. The van der Waals surface area contributed by atoms with Crippen molar-refractivity contribution in [1.82, 2.24) is 14.9 Å². The predicted molar refractivity (Wildman–Crippen MR) is 125 cm³/mol. The normalized spacial score (nSPS) is 13.9. The maximum absolute atomic E-state index is 12.8. The Labute approximate surface area is 188 Å². The highest BCUT2D eigenvalue weighted by molar-refractivity contribution is 6.36. The molecule has 0 saturated heterocycles. The highest BCUT2D eigenvalue weighted by Crippen LogP contribution is 2.28. The van der Waals surface area contributed by atoms with Gasteiger partial charge in [0.1, 0.15) is 11.4 Å². The fraction of sp³-hybridized carbons (Fsp3) is 0.208. The van der Waals surface area contributed by atoms with E-state index in [1.165, 1.54) is 0 Å². The Bertz CT molecular complexity index is 1460. The summed E-state index contributed by atoms with van der Waals surface area (Å²) in [4.78, 5) is 35.0. The zero-order valence-electron chi connectivity index (χ0n) is 17.4. The van der Waals surface area contributed by atoms with E-state index in [1.54, 1.807) is 18.2 Å². The number of aromatic nitrogens is 2. The fourth-order valence-electron chi connectivity index (χ4n) is 4.07. The van der Waals surface area contributed by atoms with Crippen LogP contribution in [0.15, 0.2) is 56.5 Å². The average molecular weight is 449 g/mol. The van der Waals surface area contributed by atoms with Crippen molar-refractivity contribution in [2.24, 2.45) is 0 Å². The van der Waals surface area contributed by atoms with Crippen molar-refractivity contribution in [1.29, 1.82) is 0 Å². The Morgan fingerprint density at radius 3 is 2.75 bits per heavy atom. The van der Waals surface area contributed by atoms with Crippen LogP contribution in [0.25, 0.3) is 22.4 Å². The number of hydrogen-bond donors (Lipinski definition) is 2. The summed E-state index contributed by atoms with van der Waals surface area (Å²) < 4.78 is 5.48. The molecular formula is C24H21ClN4O3. The summed E-state index contributed by atoms with van der Waals surface area (Å²) in [6.07, 6.45) is 0.594. The van der Waals surface area contributed by atoms with Crippen LogP contribution < -0.4 is 16.9 Å². The largest absolute Gasteiger partial charge is 0.422 e. The third-order valence-corrected chi connectivity index (χ3v) is 6.23. The van der Waals surface area contributed by atoms with E-state index >= 15 is 0 Å². The van der Waals surface area contributed by atoms with Gasteiger partial charge >= 0.3 is 5.63 Å². The van der Waals surface area contributed by atoms with Gasteiger partial charge in [-0.3, -0.25) is 9.69 Å². The first-order valence-corrected chi connectivity index (χ1v) is 10.7. The Balaban J connectivity index is 1.45. The van der Waals surface area contributed by atoms with Crippen molar-refractivity contribution >= 4 is 28.3 Å². The number of aromatic amines is 1. The van der Waals surface area contributed by atoms with Crippen molar-refractivity contribution in [2.75, 3.05) is 12.3 Å². The average Bonchev–Trinajstić information content (AvgIpc) is 2.78. The molecule has 0 saturated carbocycles. The molecule has 8 heteroatoms. The van der Waals surface area contributed by atoms with Gasteiger partial charge in [-0.1, -0.05) is 23.2 Å². The van der Waals surface area contributed by atoms with Gasteiger partial charge in [0, 0.05) is 42.7 Å². The van der Waals surface area contributed by atoms with E-state index in [0.717, 1.165) is 16.8 Å². The summed E-state index contributed by atoms with van der Waals surface area (Å²) >= 11 is 6.59. The summed E-state index contributed by atoms with van der Waals surface area (Å²) in [6.45, 7) is 3.28. The smallest absolute Gasteiger partial charge is 0.342 e. The molecule has 0 bridgehead atoms. The van der Waals surface area contributed by atoms with Gasteiger partial charge in [0.2, 0.25) is 0 Å². The molecule has 0 amide bonds. The van der Waals surface area contributed by atoms with Crippen LogP contribution in [0, 0.1) is 6.92 Å². The Kier molecular flexibility index (Phi) is 5.07. The van der Waals surface area contributed by atoms with Crippen LogP contribution in [0.1, 0.15) is 22.4 Å². The van der Waals surface area contributed by atoms with Gasteiger partial charge in [-0.15, -0.1) is 0 Å². The number of fused-ring (bicyclic) bond motifs is 2. The number of hydrogen-bond acceptors (Lipinski definition) is 6.